The number of hydrogen-bond acceptors (Lipinski definition) is 7. The second-order valence-corrected chi connectivity index (χ2v) is 8.52. The van der Waals surface area contributed by atoms with E-state index in [1.807, 2.05) is 48.5 Å². The maximum atomic E-state index is 12.8. The molecular weight excluding hydrogens is 416 g/mol. The third kappa shape index (κ3) is 4.43. The summed E-state index contributed by atoms with van der Waals surface area (Å²) in [5, 5.41) is 22.3. The van der Waals surface area contributed by atoms with Gasteiger partial charge in [-0.3, -0.25) is 10.1 Å². The fourth-order valence-electron chi connectivity index (χ4n) is 2.87. The van der Waals surface area contributed by atoms with E-state index < -0.39 is 0 Å². The highest BCUT2D eigenvalue weighted by Gasteiger charge is 2.16. The Morgan fingerprint density at radius 3 is 2.57 bits per heavy atom. The molecule has 0 bridgehead atoms. The minimum Gasteiger partial charge on any atom is -0.496 e. The van der Waals surface area contributed by atoms with Gasteiger partial charge in [0, 0.05) is 5.75 Å². The van der Waals surface area contributed by atoms with Crippen LogP contribution in [0.1, 0.15) is 21.5 Å². The van der Waals surface area contributed by atoms with Crippen LogP contribution in [0.4, 0.5) is 5.13 Å². The van der Waals surface area contributed by atoms with Crippen LogP contribution < -0.4 is 10.1 Å². The molecule has 0 saturated heterocycles. The van der Waals surface area contributed by atoms with Crippen molar-refractivity contribution in [2.24, 2.45) is 0 Å². The Hall–Kier alpha value is -3.41. The number of aromatic nitrogens is 2. The maximum Gasteiger partial charge on any atom is 0.261 e. The summed E-state index contributed by atoms with van der Waals surface area (Å²) in [6.07, 6.45) is 0. The minimum atomic E-state index is -0.294. The lowest BCUT2D eigenvalue weighted by Crippen LogP contribution is -2.13. The molecule has 0 spiro atoms. The maximum absolute atomic E-state index is 12.8. The minimum absolute atomic E-state index is 0.294. The molecule has 1 heterocycles. The van der Waals surface area contributed by atoms with E-state index in [0.29, 0.717) is 27.8 Å². The normalized spacial score (nSPS) is 10.5. The molecule has 0 unspecified atom stereocenters. The van der Waals surface area contributed by atoms with Gasteiger partial charge in [0.05, 0.1) is 24.3 Å². The summed E-state index contributed by atoms with van der Waals surface area (Å²) in [6, 6.07) is 21.0. The summed E-state index contributed by atoms with van der Waals surface area (Å²) >= 11 is 2.84. The molecule has 4 aromatic rings. The summed E-state index contributed by atoms with van der Waals surface area (Å²) in [5.74, 6) is 0.913. The van der Waals surface area contributed by atoms with Crippen LogP contribution in [0.25, 0.3) is 10.8 Å². The van der Waals surface area contributed by atoms with Crippen LogP contribution in [-0.2, 0) is 5.75 Å². The number of anilines is 1. The second-order valence-electron chi connectivity index (χ2n) is 6.32. The number of rotatable bonds is 6. The quantitative estimate of drug-likeness (QED) is 0.336. The van der Waals surface area contributed by atoms with Gasteiger partial charge in [-0.25, -0.2) is 0 Å². The van der Waals surface area contributed by atoms with Gasteiger partial charge in [0.15, 0.2) is 4.34 Å². The number of carbonyl (C=O) groups excluding carboxylic acids is 1. The molecule has 0 atom stereocenters. The summed E-state index contributed by atoms with van der Waals surface area (Å²) in [4.78, 5) is 12.8. The van der Waals surface area contributed by atoms with Crippen molar-refractivity contribution < 1.29 is 9.53 Å². The van der Waals surface area contributed by atoms with E-state index in [2.05, 4.69) is 21.6 Å². The lowest BCUT2D eigenvalue weighted by atomic mass is 10.1. The topological polar surface area (TPSA) is 87.9 Å². The molecule has 8 heteroatoms. The van der Waals surface area contributed by atoms with Crippen LogP contribution in [-0.4, -0.2) is 23.2 Å². The molecule has 0 radical (unpaired) electrons. The van der Waals surface area contributed by atoms with Gasteiger partial charge < -0.3 is 4.74 Å². The number of hydrogen-bond donors (Lipinski definition) is 1. The first-order chi connectivity index (χ1) is 14.7. The number of amides is 1. The van der Waals surface area contributed by atoms with Gasteiger partial charge in [0.25, 0.3) is 5.91 Å². The monoisotopic (exact) mass is 432 g/mol. The van der Waals surface area contributed by atoms with Crippen LogP contribution in [0, 0.1) is 11.3 Å². The Morgan fingerprint density at radius 1 is 1.13 bits per heavy atom. The van der Waals surface area contributed by atoms with Crippen molar-refractivity contribution in [3.8, 4) is 11.8 Å². The molecule has 1 amide bonds. The Kier molecular flexibility index (Phi) is 5.93. The van der Waals surface area contributed by atoms with E-state index in [1.165, 1.54) is 23.1 Å². The molecule has 1 aromatic heterocycles. The standard InChI is InChI=1S/C22H16N4O2S2/c1-28-19-11-17-5-3-2-4-16(17)10-18(19)20(27)24-21-25-26-22(30-21)29-13-15-8-6-14(12-23)7-9-15/h2-11H,13H2,1H3,(H,24,25,27). The van der Waals surface area contributed by atoms with Crippen molar-refractivity contribution in [1.29, 1.82) is 5.26 Å². The van der Waals surface area contributed by atoms with Gasteiger partial charge in [0.1, 0.15) is 5.75 Å². The molecule has 0 aliphatic carbocycles. The number of ether oxygens (including phenoxy) is 1. The summed E-state index contributed by atoms with van der Waals surface area (Å²) in [6.45, 7) is 0. The Labute approximate surface area is 181 Å². The molecule has 148 valence electrons. The molecule has 30 heavy (non-hydrogen) atoms. The van der Waals surface area contributed by atoms with Crippen LogP contribution in [0.3, 0.4) is 0 Å². The van der Waals surface area contributed by atoms with Gasteiger partial charge in [-0.1, -0.05) is 59.5 Å². The smallest absolute Gasteiger partial charge is 0.261 e. The molecule has 3 aromatic carbocycles. The fraction of sp³-hybridized carbons (Fsp3) is 0.0909. The van der Waals surface area contributed by atoms with Crippen molar-refractivity contribution in [1.82, 2.24) is 10.2 Å². The molecule has 1 N–H and O–H groups in total. The number of nitriles is 1. The molecule has 6 nitrogen and oxygen atoms in total. The molecule has 0 fully saturated rings. The van der Waals surface area contributed by atoms with Gasteiger partial charge in [-0.05, 0) is 40.6 Å². The van der Waals surface area contributed by atoms with Crippen molar-refractivity contribution in [2.75, 3.05) is 12.4 Å². The van der Waals surface area contributed by atoms with Crippen molar-refractivity contribution >= 4 is 44.9 Å². The summed E-state index contributed by atoms with van der Waals surface area (Å²) in [5.41, 5.74) is 2.16. The number of thioether (sulfide) groups is 1. The predicted octanol–water partition coefficient (Wildman–Crippen LogP) is 5.12. The zero-order chi connectivity index (χ0) is 20.9. The third-order valence-corrected chi connectivity index (χ3v) is 6.43. The first-order valence-electron chi connectivity index (χ1n) is 9.00. The highest BCUT2D eigenvalue weighted by Crippen LogP contribution is 2.30. The van der Waals surface area contributed by atoms with E-state index >= 15 is 0 Å². The van der Waals surface area contributed by atoms with Crippen LogP contribution in [0.2, 0.25) is 0 Å². The highest BCUT2D eigenvalue weighted by molar-refractivity contribution is 8.00. The Morgan fingerprint density at radius 2 is 1.87 bits per heavy atom. The van der Waals surface area contributed by atoms with Gasteiger partial charge >= 0.3 is 0 Å². The van der Waals surface area contributed by atoms with Gasteiger partial charge in [-0.2, -0.15) is 5.26 Å². The van der Waals surface area contributed by atoms with E-state index in [4.69, 9.17) is 10.00 Å². The van der Waals surface area contributed by atoms with Crippen LogP contribution in [0.15, 0.2) is 65.0 Å². The largest absolute Gasteiger partial charge is 0.496 e. The number of nitrogens with one attached hydrogen (secondary N) is 1. The summed E-state index contributed by atoms with van der Waals surface area (Å²) in [7, 11) is 1.55. The molecule has 0 aliphatic rings. The van der Waals surface area contributed by atoms with Crippen molar-refractivity contribution in [2.45, 2.75) is 10.1 Å². The Balaban J connectivity index is 1.45. The number of benzene rings is 3. The highest BCUT2D eigenvalue weighted by atomic mass is 32.2. The lowest BCUT2D eigenvalue weighted by Gasteiger charge is -2.09. The number of fused-ring (bicyclic) bond motifs is 1. The first kappa shape index (κ1) is 19.9. The number of carbonyl (C=O) groups is 1. The predicted molar refractivity (Wildman–Crippen MR) is 119 cm³/mol. The number of methoxy groups -OCH3 is 1. The lowest BCUT2D eigenvalue weighted by molar-refractivity contribution is 0.102. The zero-order valence-corrected chi connectivity index (χ0v) is 17.6. The molecular formula is C22H16N4O2S2. The molecule has 4 rings (SSSR count). The average Bonchev–Trinajstić information content (AvgIpc) is 3.24. The average molecular weight is 433 g/mol. The Bertz CT molecular complexity index is 1250. The summed E-state index contributed by atoms with van der Waals surface area (Å²) < 4.78 is 6.15. The van der Waals surface area contributed by atoms with Crippen molar-refractivity contribution in [3.63, 3.8) is 0 Å². The van der Waals surface area contributed by atoms with Gasteiger partial charge in [0.2, 0.25) is 5.13 Å². The third-order valence-electron chi connectivity index (χ3n) is 4.38. The second kappa shape index (κ2) is 8.95. The van der Waals surface area contributed by atoms with Crippen LogP contribution >= 0.6 is 23.1 Å². The molecule has 0 aliphatic heterocycles. The van der Waals surface area contributed by atoms with Crippen LogP contribution in [0.5, 0.6) is 5.75 Å². The van der Waals surface area contributed by atoms with E-state index in [-0.39, 0.29) is 5.91 Å². The van der Waals surface area contributed by atoms with E-state index in [0.717, 1.165) is 20.7 Å². The first-order valence-corrected chi connectivity index (χ1v) is 10.8. The van der Waals surface area contributed by atoms with Gasteiger partial charge in [-0.15, -0.1) is 10.2 Å². The zero-order valence-electron chi connectivity index (χ0n) is 16.0. The number of nitrogens with zero attached hydrogens (tertiary/aromatic N) is 3. The van der Waals surface area contributed by atoms with Crippen molar-refractivity contribution in [3.05, 3.63) is 77.4 Å². The molecule has 0 saturated carbocycles. The van der Waals surface area contributed by atoms with E-state index in [9.17, 15) is 4.79 Å². The fourth-order valence-corrected chi connectivity index (χ4v) is 4.57. The SMILES string of the molecule is COc1cc2ccccc2cc1C(=O)Nc1nnc(SCc2ccc(C#N)cc2)s1. The van der Waals surface area contributed by atoms with E-state index in [1.54, 1.807) is 19.2 Å².